The van der Waals surface area contributed by atoms with Crippen LogP contribution in [0.15, 0.2) is 158 Å². The van der Waals surface area contributed by atoms with Crippen molar-refractivity contribution >= 4 is 33.4 Å². The van der Waals surface area contributed by atoms with E-state index in [2.05, 4.69) is 164 Å². The molecule has 0 saturated carbocycles. The summed E-state index contributed by atoms with van der Waals surface area (Å²) in [6.45, 7) is 4.62. The third kappa shape index (κ3) is 5.25. The zero-order chi connectivity index (χ0) is 34.5. The Morgan fingerprint density at radius 2 is 1.27 bits per heavy atom. The van der Waals surface area contributed by atoms with Crippen molar-refractivity contribution in [2.45, 2.75) is 32.1 Å². The van der Waals surface area contributed by atoms with Crippen LogP contribution in [0.4, 0.5) is 21.5 Å². The van der Waals surface area contributed by atoms with Crippen molar-refractivity contribution in [1.29, 1.82) is 0 Å². The first-order valence-corrected chi connectivity index (χ1v) is 17.7. The van der Waals surface area contributed by atoms with Gasteiger partial charge in [-0.05, 0) is 111 Å². The Hall–Kier alpha value is -6.17. The lowest BCUT2D eigenvalue weighted by molar-refractivity contribution is 0.628. The molecule has 0 spiro atoms. The van der Waals surface area contributed by atoms with E-state index >= 15 is 0 Å². The average Bonchev–Trinajstić information content (AvgIpc) is 3.41. The number of hydrogen-bond donors (Lipinski definition) is 0. The van der Waals surface area contributed by atoms with Crippen LogP contribution in [0.25, 0.3) is 49.7 Å². The van der Waals surface area contributed by atoms with Crippen molar-refractivity contribution in [3.8, 4) is 33.4 Å². The van der Waals surface area contributed by atoms with Gasteiger partial charge in [-0.25, -0.2) is 4.39 Å². The monoisotopic (exact) mass is 657 g/mol. The normalized spacial score (nSPS) is 14.1. The summed E-state index contributed by atoms with van der Waals surface area (Å²) in [4.78, 5) is 2.35. The summed E-state index contributed by atoms with van der Waals surface area (Å²) in [5.41, 5.74) is 14.8. The van der Waals surface area contributed by atoms with E-state index in [4.69, 9.17) is 0 Å². The maximum absolute atomic E-state index is 13.9. The lowest BCUT2D eigenvalue weighted by Gasteiger charge is -2.29. The number of hydrogen-bond acceptors (Lipinski definition) is 1. The van der Waals surface area contributed by atoms with Gasteiger partial charge < -0.3 is 4.90 Å². The van der Waals surface area contributed by atoms with Crippen molar-refractivity contribution in [3.05, 3.63) is 192 Å². The summed E-state index contributed by atoms with van der Waals surface area (Å²) in [6.07, 6.45) is 8.70. The smallest absolute Gasteiger partial charge is 0.123 e. The molecule has 9 rings (SSSR count). The van der Waals surface area contributed by atoms with Crippen LogP contribution in [0.5, 0.6) is 0 Å². The molecule has 0 heterocycles. The largest absolute Gasteiger partial charge is 0.303 e. The van der Waals surface area contributed by atoms with E-state index < -0.39 is 0 Å². The summed E-state index contributed by atoms with van der Waals surface area (Å²) in [5.74, 6) is -0.233. The van der Waals surface area contributed by atoms with E-state index in [1.807, 2.05) is 12.1 Å². The molecule has 0 radical (unpaired) electrons. The van der Waals surface area contributed by atoms with Gasteiger partial charge in [-0.3, -0.25) is 0 Å². The molecular formula is C49H36FN. The van der Waals surface area contributed by atoms with Gasteiger partial charge >= 0.3 is 0 Å². The van der Waals surface area contributed by atoms with E-state index in [9.17, 15) is 4.39 Å². The Morgan fingerprint density at radius 3 is 1.98 bits per heavy atom. The summed E-state index contributed by atoms with van der Waals surface area (Å²) in [6, 6.07) is 55.5. The number of halogens is 1. The molecule has 0 N–H and O–H groups in total. The Balaban J connectivity index is 1.20. The van der Waals surface area contributed by atoms with Gasteiger partial charge in [0, 0.05) is 22.2 Å². The van der Waals surface area contributed by atoms with E-state index in [1.165, 1.54) is 40.0 Å². The van der Waals surface area contributed by atoms with Crippen LogP contribution in [-0.4, -0.2) is 0 Å². The molecule has 7 aromatic rings. The van der Waals surface area contributed by atoms with Crippen molar-refractivity contribution < 1.29 is 4.39 Å². The van der Waals surface area contributed by atoms with Gasteiger partial charge in [-0.2, -0.15) is 0 Å². The van der Waals surface area contributed by atoms with Crippen LogP contribution in [0.3, 0.4) is 0 Å². The topological polar surface area (TPSA) is 3.24 Å². The second kappa shape index (κ2) is 12.3. The molecule has 0 aliphatic heterocycles. The lowest BCUT2D eigenvalue weighted by atomic mass is 9.82. The highest BCUT2D eigenvalue weighted by Crippen LogP contribution is 2.50. The first-order valence-electron chi connectivity index (χ1n) is 17.7. The number of nitrogens with zero attached hydrogens (tertiary/aromatic N) is 1. The molecule has 0 aromatic heterocycles. The molecule has 0 atom stereocenters. The van der Waals surface area contributed by atoms with Crippen LogP contribution in [0.1, 0.15) is 43.4 Å². The fourth-order valence-corrected chi connectivity index (χ4v) is 8.07. The second-order valence-corrected chi connectivity index (χ2v) is 14.0. The molecule has 0 amide bonds. The summed E-state index contributed by atoms with van der Waals surface area (Å²) in [7, 11) is 0. The van der Waals surface area contributed by atoms with Gasteiger partial charge in [-0.1, -0.05) is 141 Å². The Labute approximate surface area is 299 Å². The number of para-hydroxylation sites is 1. The van der Waals surface area contributed by atoms with E-state index in [0.717, 1.165) is 68.5 Å². The van der Waals surface area contributed by atoms with Crippen molar-refractivity contribution in [2.24, 2.45) is 0 Å². The van der Waals surface area contributed by atoms with Gasteiger partial charge in [0.1, 0.15) is 5.82 Å². The van der Waals surface area contributed by atoms with E-state index in [1.54, 1.807) is 0 Å². The first-order chi connectivity index (χ1) is 25.0. The molecule has 2 aliphatic carbocycles. The van der Waals surface area contributed by atoms with E-state index in [-0.39, 0.29) is 11.2 Å². The second-order valence-electron chi connectivity index (χ2n) is 14.0. The highest BCUT2D eigenvalue weighted by Gasteiger charge is 2.36. The molecule has 7 aromatic carbocycles. The standard InChI is InChI=1S/C49H36FN/c1-49(2)45-20-8-6-17-43(45)44-31-30-39(32-46(44)49)51(47-21-9-7-16-40(47)33-12-4-3-5-13-33)38-28-24-35(25-29-38)42-19-11-15-36-14-10-18-41(48(36)42)34-22-26-37(50)27-23-34/h3-4,6-12,14-29,32H,5,13H2,1-2H3. The van der Waals surface area contributed by atoms with Crippen LogP contribution in [0.2, 0.25) is 0 Å². The Kier molecular flexibility index (Phi) is 7.45. The summed E-state index contributed by atoms with van der Waals surface area (Å²) >= 11 is 0. The predicted octanol–water partition coefficient (Wildman–Crippen LogP) is 13.4. The molecule has 0 saturated heterocycles. The third-order valence-corrected chi connectivity index (χ3v) is 10.7. The van der Waals surface area contributed by atoms with Gasteiger partial charge in [0.2, 0.25) is 0 Å². The van der Waals surface area contributed by atoms with Crippen molar-refractivity contribution in [2.75, 3.05) is 4.90 Å². The highest BCUT2D eigenvalue weighted by molar-refractivity contribution is 6.06. The van der Waals surface area contributed by atoms with Crippen LogP contribution >= 0.6 is 0 Å². The Bertz CT molecular complexity index is 2490. The molecule has 2 heteroatoms. The minimum Gasteiger partial charge on any atom is -0.303 e. The molecule has 0 fully saturated rings. The zero-order valence-corrected chi connectivity index (χ0v) is 28.8. The van der Waals surface area contributed by atoms with Gasteiger partial charge in [0.15, 0.2) is 0 Å². The predicted molar refractivity (Wildman–Crippen MR) is 211 cm³/mol. The Morgan fingerprint density at radius 1 is 0.627 bits per heavy atom. The zero-order valence-electron chi connectivity index (χ0n) is 28.8. The van der Waals surface area contributed by atoms with Crippen LogP contribution < -0.4 is 4.90 Å². The molecule has 0 bridgehead atoms. The number of fused-ring (bicyclic) bond motifs is 4. The fourth-order valence-electron chi connectivity index (χ4n) is 8.07. The lowest BCUT2D eigenvalue weighted by Crippen LogP contribution is -2.17. The molecule has 51 heavy (non-hydrogen) atoms. The van der Waals surface area contributed by atoms with Crippen LogP contribution in [-0.2, 0) is 5.41 Å². The summed E-state index contributed by atoms with van der Waals surface area (Å²) in [5, 5.41) is 2.30. The van der Waals surface area contributed by atoms with E-state index in [0.29, 0.717) is 0 Å². The summed E-state index contributed by atoms with van der Waals surface area (Å²) < 4.78 is 13.9. The van der Waals surface area contributed by atoms with Gasteiger partial charge in [0.25, 0.3) is 0 Å². The number of allylic oxidation sites excluding steroid dienone is 4. The van der Waals surface area contributed by atoms with Crippen molar-refractivity contribution in [3.63, 3.8) is 0 Å². The SMILES string of the molecule is CC1(C)c2cc(N(c3ccc(-c4cccc5cccc(-c6ccc(F)cc6)c45)cc3)c3ccccc3C3=CC=CCC3)c#cc2-c2ccccc21. The van der Waals surface area contributed by atoms with Gasteiger partial charge in [0.05, 0.1) is 11.4 Å². The molecule has 0 unspecified atom stereocenters. The maximum atomic E-state index is 13.9. The molecule has 244 valence electrons. The van der Waals surface area contributed by atoms with Crippen molar-refractivity contribution in [1.82, 2.24) is 0 Å². The quantitative estimate of drug-likeness (QED) is 0.172. The van der Waals surface area contributed by atoms with Gasteiger partial charge in [-0.15, -0.1) is 0 Å². The molecule has 1 nitrogen and oxygen atoms in total. The van der Waals surface area contributed by atoms with Crippen LogP contribution in [0, 0.1) is 17.9 Å². The minimum absolute atomic E-state index is 0.158. The maximum Gasteiger partial charge on any atom is 0.123 e. The minimum atomic E-state index is -0.233. The molecule has 2 aliphatic rings. The molecular weight excluding hydrogens is 622 g/mol. The number of rotatable bonds is 6. The third-order valence-electron chi connectivity index (χ3n) is 10.7. The number of anilines is 3. The first kappa shape index (κ1) is 30.9. The highest BCUT2D eigenvalue weighted by atomic mass is 19.1. The number of benzene rings is 6. The fraction of sp³-hybridized carbons (Fsp3) is 0.102. The average molecular weight is 658 g/mol.